The summed E-state index contributed by atoms with van der Waals surface area (Å²) in [5.74, 6) is -13.1. The van der Waals surface area contributed by atoms with E-state index in [1.165, 1.54) is 19.1 Å². The highest BCUT2D eigenvalue weighted by atomic mass is 16.6. The van der Waals surface area contributed by atoms with Gasteiger partial charge in [-0.25, -0.2) is 4.79 Å². The molecule has 1 aromatic rings. The van der Waals surface area contributed by atoms with E-state index in [2.05, 4.69) is 42.5 Å². The standard InChI is InChI=1S/C53H72N10O17/c1-28(2)43-49(75)58-33-25-31(24-32(57-51(77)80-53(8,9)10)23-29(3)50(76)79-52(5,6)7)15-16-34(33)78-42(71)14-12-22-55-48(74)45(60-37(66)27-63-40(69)19-20-41(63)70)44(59-36(65)26-62-38(67)17-18-39(62)68)47(73)54-21-11-13-35(64)56-30(4)46(72)61-43/h15-20,25,28-30,32,43-45H,11-14,21-24,26-27H2,1-10H3,(H,54,73)(H,55,74)(H,56,64)(H,57,77)(H,58,75)(H,59,65)(H,60,66)(H,61,72)/t29-,30-,32+,43-,44+,45-/m0/s1. The molecule has 0 unspecified atom stereocenters. The van der Waals surface area contributed by atoms with Gasteiger partial charge >= 0.3 is 18.0 Å². The van der Waals surface area contributed by atoms with Crippen molar-refractivity contribution in [3.05, 3.63) is 48.1 Å². The highest BCUT2D eigenvalue weighted by molar-refractivity contribution is 6.15. The van der Waals surface area contributed by atoms with Gasteiger partial charge in [-0.3, -0.25) is 72.1 Å². The zero-order valence-corrected chi connectivity index (χ0v) is 46.5. The van der Waals surface area contributed by atoms with Crippen LogP contribution in [0.25, 0.3) is 0 Å². The van der Waals surface area contributed by atoms with Gasteiger partial charge in [0.15, 0.2) is 5.75 Å². The van der Waals surface area contributed by atoms with Crippen LogP contribution in [0.1, 0.15) is 107 Å². The Bertz CT molecular complexity index is 2640. The fraction of sp³-hybridized carbons (Fsp3) is 0.547. The monoisotopic (exact) mass is 1120 g/mol. The Hall–Kier alpha value is -8.52. The highest BCUT2D eigenvalue weighted by Gasteiger charge is 2.39. The van der Waals surface area contributed by atoms with Crippen molar-refractivity contribution in [2.45, 2.75) is 149 Å². The Labute approximate surface area is 462 Å². The summed E-state index contributed by atoms with van der Waals surface area (Å²) in [5, 5.41) is 20.2. The number of imide groups is 2. The van der Waals surface area contributed by atoms with Crippen LogP contribution < -0.4 is 47.3 Å². The van der Waals surface area contributed by atoms with E-state index in [9.17, 15) is 67.1 Å². The molecule has 3 heterocycles. The van der Waals surface area contributed by atoms with Gasteiger partial charge in [-0.05, 0) is 97.8 Å². The number of carbonyl (C=O) groups excluding carboxylic acids is 14. The molecule has 1 aromatic carbocycles. The van der Waals surface area contributed by atoms with E-state index in [4.69, 9.17) is 14.2 Å². The number of amides is 12. The fourth-order valence-corrected chi connectivity index (χ4v) is 7.97. The van der Waals surface area contributed by atoms with Gasteiger partial charge in [-0.15, -0.1) is 0 Å². The second-order valence-corrected chi connectivity index (χ2v) is 21.6. The number of rotatable bonds is 13. The van der Waals surface area contributed by atoms with Crippen molar-refractivity contribution >= 4 is 88.7 Å². The lowest BCUT2D eigenvalue weighted by atomic mass is 9.95. The Morgan fingerprint density at radius 2 is 1.18 bits per heavy atom. The predicted octanol–water partition coefficient (Wildman–Crippen LogP) is -0.394. The van der Waals surface area contributed by atoms with Gasteiger partial charge in [-0.1, -0.05) is 26.8 Å². The number of benzene rings is 1. The number of alkyl carbamates (subject to hydrolysis) is 1. The molecule has 12 amide bonds. The first-order valence-corrected chi connectivity index (χ1v) is 26.0. The third-order valence-corrected chi connectivity index (χ3v) is 11.9. The maximum absolute atomic E-state index is 14.2. The van der Waals surface area contributed by atoms with Crippen LogP contribution in [0.5, 0.6) is 5.75 Å². The third-order valence-electron chi connectivity index (χ3n) is 11.9. The van der Waals surface area contributed by atoms with Crippen molar-refractivity contribution in [3.63, 3.8) is 0 Å². The summed E-state index contributed by atoms with van der Waals surface area (Å²) >= 11 is 0. The first kappa shape index (κ1) is 64.0. The van der Waals surface area contributed by atoms with E-state index in [0.29, 0.717) is 15.4 Å². The SMILES string of the molecule is CC(C)[C@@H]1NC(=O)[C@H](C)NC(=O)CCCNC(=O)[C@H](NC(=O)CN2C(=O)C=CC2=O)[C@H](NC(=O)CN2C(=O)C=CC2=O)C(=O)NCCCC(=O)Oc2ccc(C[C@@H](C[C@H](C)C(=O)OC(C)(C)C)NC(=O)OC(C)(C)C)cc2NC1=O. The van der Waals surface area contributed by atoms with Crippen LogP contribution >= 0.6 is 0 Å². The number of nitrogens with one attached hydrogen (secondary N) is 8. The van der Waals surface area contributed by atoms with Crippen molar-refractivity contribution in [3.8, 4) is 5.75 Å². The summed E-state index contributed by atoms with van der Waals surface area (Å²) < 4.78 is 16.8. The van der Waals surface area contributed by atoms with E-state index in [0.717, 1.165) is 24.3 Å². The zero-order chi connectivity index (χ0) is 59.8. The zero-order valence-electron chi connectivity index (χ0n) is 46.5. The van der Waals surface area contributed by atoms with Gasteiger partial charge in [0.05, 0.1) is 11.6 Å². The maximum Gasteiger partial charge on any atom is 0.407 e. The second-order valence-electron chi connectivity index (χ2n) is 21.6. The van der Waals surface area contributed by atoms with Gasteiger partial charge in [-0.2, -0.15) is 0 Å². The fourth-order valence-electron chi connectivity index (χ4n) is 7.97. The van der Waals surface area contributed by atoms with E-state index in [1.807, 2.05) is 0 Å². The van der Waals surface area contributed by atoms with Crippen LogP contribution in [0.15, 0.2) is 42.5 Å². The molecule has 436 valence electrons. The number of hydrogen-bond donors (Lipinski definition) is 8. The average molecular weight is 1120 g/mol. The van der Waals surface area contributed by atoms with Crippen molar-refractivity contribution in [2.24, 2.45) is 11.8 Å². The van der Waals surface area contributed by atoms with Crippen molar-refractivity contribution in [1.29, 1.82) is 0 Å². The minimum absolute atomic E-state index is 0.0410. The van der Waals surface area contributed by atoms with Gasteiger partial charge < -0.3 is 56.7 Å². The molecule has 0 saturated heterocycles. The van der Waals surface area contributed by atoms with Crippen LogP contribution in [-0.2, 0) is 78.2 Å². The van der Waals surface area contributed by atoms with Crippen LogP contribution in [0.4, 0.5) is 10.5 Å². The van der Waals surface area contributed by atoms with Gasteiger partial charge in [0.25, 0.3) is 23.6 Å². The molecule has 3 aliphatic rings. The Kier molecular flexibility index (Phi) is 22.7. The van der Waals surface area contributed by atoms with Gasteiger partial charge in [0, 0.05) is 56.3 Å². The summed E-state index contributed by atoms with van der Waals surface area (Å²) in [6.45, 7) is 14.0. The number of anilines is 1. The molecule has 0 aliphatic carbocycles. The van der Waals surface area contributed by atoms with Crippen molar-refractivity contribution in [1.82, 2.24) is 47.0 Å². The van der Waals surface area contributed by atoms with Crippen LogP contribution in [0.2, 0.25) is 0 Å². The quantitative estimate of drug-likeness (QED) is 0.0708. The number of nitrogens with zero attached hydrogens (tertiary/aromatic N) is 2. The molecule has 27 nitrogen and oxygen atoms in total. The molecule has 27 heteroatoms. The lowest BCUT2D eigenvalue weighted by molar-refractivity contribution is -0.160. The first-order valence-electron chi connectivity index (χ1n) is 26.0. The van der Waals surface area contributed by atoms with E-state index in [1.54, 1.807) is 68.4 Å². The minimum atomic E-state index is -2.05. The first-order chi connectivity index (χ1) is 37.3. The molecule has 0 spiro atoms. The van der Waals surface area contributed by atoms with Crippen LogP contribution in [0, 0.1) is 11.8 Å². The molecule has 3 aliphatic heterocycles. The van der Waals surface area contributed by atoms with Gasteiger partial charge in [0.2, 0.25) is 41.4 Å². The summed E-state index contributed by atoms with van der Waals surface area (Å²) in [7, 11) is 0. The molecular weight excluding hydrogens is 1050 g/mol. The summed E-state index contributed by atoms with van der Waals surface area (Å²) in [6, 6.07) is -2.91. The average Bonchev–Trinajstić information content (AvgIpc) is 3.84. The van der Waals surface area contributed by atoms with E-state index in [-0.39, 0.29) is 56.6 Å². The number of ether oxygens (including phenoxy) is 3. The predicted molar refractivity (Wildman–Crippen MR) is 282 cm³/mol. The largest absolute Gasteiger partial charge is 0.460 e. The van der Waals surface area contributed by atoms with Crippen molar-refractivity contribution in [2.75, 3.05) is 31.5 Å². The lowest BCUT2D eigenvalue weighted by Crippen LogP contribution is -2.65. The summed E-state index contributed by atoms with van der Waals surface area (Å²) in [4.78, 5) is 186. The number of fused-ring (bicyclic) bond motifs is 1. The molecule has 8 N–H and O–H groups in total. The number of esters is 2. The third kappa shape index (κ3) is 20.4. The van der Waals surface area contributed by atoms with E-state index < -0.39 is 156 Å². The normalized spacial score (nSPS) is 21.2. The van der Waals surface area contributed by atoms with E-state index >= 15 is 0 Å². The molecule has 80 heavy (non-hydrogen) atoms. The summed E-state index contributed by atoms with van der Waals surface area (Å²) in [6.07, 6.45) is 1.98. The number of carbonyl (C=O) groups is 14. The molecule has 0 aromatic heterocycles. The Balaban J connectivity index is 1.70. The summed E-state index contributed by atoms with van der Waals surface area (Å²) in [5.41, 5.74) is -1.28. The smallest absolute Gasteiger partial charge is 0.407 e. The molecule has 0 radical (unpaired) electrons. The molecule has 4 rings (SSSR count). The molecule has 0 saturated carbocycles. The van der Waals surface area contributed by atoms with Crippen molar-refractivity contribution < 1.29 is 81.3 Å². The molecule has 0 bridgehead atoms. The lowest BCUT2D eigenvalue weighted by Gasteiger charge is -2.28. The molecular formula is C53H72N10O17. The Morgan fingerprint density at radius 3 is 1.66 bits per heavy atom. The second kappa shape index (κ2) is 28.4. The topological polar surface area (TPSA) is 369 Å². The maximum atomic E-state index is 14.2. The van der Waals surface area contributed by atoms with Crippen LogP contribution in [0.3, 0.4) is 0 Å². The molecule has 6 atom stereocenters. The number of hydrogen-bond acceptors (Lipinski definition) is 17. The highest BCUT2D eigenvalue weighted by Crippen LogP contribution is 2.29. The van der Waals surface area contributed by atoms with Crippen LogP contribution in [-0.4, -0.2) is 160 Å². The minimum Gasteiger partial charge on any atom is -0.460 e. The molecule has 0 fully saturated rings. The van der Waals surface area contributed by atoms with Gasteiger partial charge in [0.1, 0.15) is 48.5 Å². The Morgan fingerprint density at radius 1 is 0.675 bits per heavy atom.